The van der Waals surface area contributed by atoms with Gasteiger partial charge in [-0.3, -0.25) is 19.5 Å². The number of hydrogen-bond donors (Lipinski definition) is 0. The number of rotatable bonds is 4. The predicted octanol–water partition coefficient (Wildman–Crippen LogP) is 0.109. The van der Waals surface area contributed by atoms with Gasteiger partial charge in [0.1, 0.15) is 13.2 Å². The van der Waals surface area contributed by atoms with Crippen LogP contribution in [-0.4, -0.2) is 76.8 Å². The van der Waals surface area contributed by atoms with Crippen molar-refractivity contribution in [1.29, 1.82) is 0 Å². The lowest BCUT2D eigenvalue weighted by Gasteiger charge is -2.39. The molecule has 0 aromatic carbocycles. The van der Waals surface area contributed by atoms with E-state index in [1.54, 1.807) is 31.6 Å². The average molecular weight is 368 g/mol. The number of esters is 1. The van der Waals surface area contributed by atoms with Crippen molar-refractivity contribution in [1.82, 2.24) is 19.7 Å². The molecular formula is C15H18ClN5O4. The first-order chi connectivity index (χ1) is 11.5. The Morgan fingerprint density at radius 3 is 2.76 bits per heavy atom. The Balaban J connectivity index is 0.00000225. The zero-order valence-electron chi connectivity index (χ0n) is 13.7. The molecule has 0 saturated carbocycles. The maximum absolute atomic E-state index is 12.3. The molecule has 10 heteroatoms. The first-order valence-corrected chi connectivity index (χ1v) is 7.37. The number of ether oxygens (including phenoxy) is 1. The fourth-order valence-corrected chi connectivity index (χ4v) is 2.68. The van der Waals surface area contributed by atoms with Gasteiger partial charge in [0.15, 0.2) is 12.2 Å². The van der Waals surface area contributed by atoms with Crippen molar-refractivity contribution in [3.63, 3.8) is 0 Å². The molecular weight excluding hydrogens is 350 g/mol. The molecule has 1 aromatic heterocycles. The van der Waals surface area contributed by atoms with Gasteiger partial charge in [0, 0.05) is 32.1 Å². The number of aliphatic imine (C=N–C) groups is 1. The monoisotopic (exact) mass is 367 g/mol. The SMILES string of the molecule is CN1C(=O)C2C(N=CN2CC(=O)OCc2cccnc2)N(C)C1=O.Cl. The van der Waals surface area contributed by atoms with Crippen molar-refractivity contribution < 1.29 is 19.1 Å². The number of nitrogens with zero attached hydrogens (tertiary/aromatic N) is 5. The lowest BCUT2D eigenvalue weighted by atomic mass is 10.1. The highest BCUT2D eigenvalue weighted by Gasteiger charge is 2.48. The third-order valence-electron chi connectivity index (χ3n) is 4.01. The second kappa shape index (κ2) is 7.47. The number of carbonyl (C=O) groups excluding carboxylic acids is 3. The molecule has 25 heavy (non-hydrogen) atoms. The van der Waals surface area contributed by atoms with Crippen molar-refractivity contribution in [3.8, 4) is 0 Å². The van der Waals surface area contributed by atoms with Gasteiger partial charge < -0.3 is 14.5 Å². The minimum absolute atomic E-state index is 0. The van der Waals surface area contributed by atoms with Gasteiger partial charge in [-0.2, -0.15) is 0 Å². The fraction of sp³-hybridized carbons (Fsp3) is 0.400. The topological polar surface area (TPSA) is 95.4 Å². The Morgan fingerprint density at radius 1 is 1.32 bits per heavy atom. The van der Waals surface area contributed by atoms with E-state index in [1.165, 1.54) is 23.2 Å². The number of urea groups is 1. The van der Waals surface area contributed by atoms with Crippen LogP contribution < -0.4 is 0 Å². The third kappa shape index (κ3) is 3.55. The molecule has 2 unspecified atom stereocenters. The van der Waals surface area contributed by atoms with Crippen LogP contribution in [0.2, 0.25) is 0 Å². The van der Waals surface area contributed by atoms with Gasteiger partial charge in [-0.05, 0) is 6.07 Å². The van der Waals surface area contributed by atoms with Crippen LogP contribution >= 0.6 is 12.4 Å². The first kappa shape index (κ1) is 18.7. The number of carbonyl (C=O) groups is 3. The Kier molecular flexibility index (Phi) is 5.58. The number of imide groups is 1. The Morgan fingerprint density at radius 2 is 2.08 bits per heavy atom. The highest BCUT2D eigenvalue weighted by molar-refractivity contribution is 6.02. The fourth-order valence-electron chi connectivity index (χ4n) is 2.68. The lowest BCUT2D eigenvalue weighted by molar-refractivity contribution is -0.147. The molecule has 9 nitrogen and oxygen atoms in total. The van der Waals surface area contributed by atoms with E-state index in [1.807, 2.05) is 0 Å². The number of hydrogen-bond acceptors (Lipinski definition) is 7. The molecule has 3 heterocycles. The predicted molar refractivity (Wildman–Crippen MR) is 90.0 cm³/mol. The minimum atomic E-state index is -0.705. The van der Waals surface area contributed by atoms with E-state index < -0.39 is 24.2 Å². The van der Waals surface area contributed by atoms with Crippen LogP contribution in [0.4, 0.5) is 4.79 Å². The van der Waals surface area contributed by atoms with Gasteiger partial charge in [0.25, 0.3) is 5.91 Å². The molecule has 3 rings (SSSR count). The third-order valence-corrected chi connectivity index (χ3v) is 4.01. The molecule has 1 aromatic rings. The molecule has 0 N–H and O–H groups in total. The second-order valence-corrected chi connectivity index (χ2v) is 5.61. The van der Waals surface area contributed by atoms with Gasteiger partial charge in [0.05, 0.1) is 6.34 Å². The van der Waals surface area contributed by atoms with E-state index in [9.17, 15) is 14.4 Å². The molecule has 3 amide bonds. The minimum Gasteiger partial charge on any atom is -0.459 e. The van der Waals surface area contributed by atoms with Crippen LogP contribution in [0.15, 0.2) is 29.5 Å². The molecule has 0 radical (unpaired) electrons. The van der Waals surface area contributed by atoms with Crippen LogP contribution in [0.5, 0.6) is 0 Å². The summed E-state index contributed by atoms with van der Waals surface area (Å²) >= 11 is 0. The summed E-state index contributed by atoms with van der Waals surface area (Å²) in [5.74, 6) is -0.874. The van der Waals surface area contributed by atoms with Crippen molar-refractivity contribution in [2.45, 2.75) is 18.8 Å². The van der Waals surface area contributed by atoms with E-state index in [4.69, 9.17) is 4.74 Å². The summed E-state index contributed by atoms with van der Waals surface area (Å²) in [7, 11) is 2.99. The lowest BCUT2D eigenvalue weighted by Crippen LogP contribution is -2.64. The molecule has 0 aliphatic carbocycles. The molecule has 2 atom stereocenters. The van der Waals surface area contributed by atoms with Gasteiger partial charge in [0.2, 0.25) is 0 Å². The van der Waals surface area contributed by atoms with E-state index in [0.717, 1.165) is 10.5 Å². The highest BCUT2D eigenvalue weighted by Crippen LogP contribution is 2.24. The van der Waals surface area contributed by atoms with Crippen molar-refractivity contribution in [3.05, 3.63) is 30.1 Å². The van der Waals surface area contributed by atoms with Gasteiger partial charge in [-0.15, -0.1) is 12.4 Å². The van der Waals surface area contributed by atoms with Gasteiger partial charge in [-0.1, -0.05) is 6.07 Å². The summed E-state index contributed by atoms with van der Waals surface area (Å²) in [6.07, 6.45) is 4.05. The zero-order valence-corrected chi connectivity index (χ0v) is 14.5. The Labute approximate surface area is 150 Å². The summed E-state index contributed by atoms with van der Waals surface area (Å²) in [4.78, 5) is 48.3. The van der Waals surface area contributed by atoms with Crippen molar-refractivity contribution in [2.75, 3.05) is 20.6 Å². The van der Waals surface area contributed by atoms with E-state index >= 15 is 0 Å². The zero-order chi connectivity index (χ0) is 17.3. The molecule has 1 fully saturated rings. The van der Waals surface area contributed by atoms with E-state index in [-0.39, 0.29) is 31.5 Å². The van der Waals surface area contributed by atoms with Crippen LogP contribution in [0.1, 0.15) is 5.56 Å². The Bertz CT molecular complexity index is 698. The Hall–Kier alpha value is -2.68. The summed E-state index contributed by atoms with van der Waals surface area (Å²) in [5, 5.41) is 0. The molecule has 1 saturated heterocycles. The van der Waals surface area contributed by atoms with Crippen molar-refractivity contribution >= 4 is 36.7 Å². The van der Waals surface area contributed by atoms with Gasteiger partial charge in [-0.25, -0.2) is 9.79 Å². The van der Waals surface area contributed by atoms with Crippen LogP contribution in [0.25, 0.3) is 0 Å². The highest BCUT2D eigenvalue weighted by atomic mass is 35.5. The molecule has 2 aliphatic heterocycles. The molecule has 134 valence electrons. The summed E-state index contributed by atoms with van der Waals surface area (Å²) in [6.45, 7) is -0.00940. The number of likely N-dealkylation sites (N-methyl/N-ethyl adjacent to an activating group) is 2. The van der Waals surface area contributed by atoms with Crippen molar-refractivity contribution in [2.24, 2.45) is 4.99 Å². The summed E-state index contributed by atoms with van der Waals surface area (Å²) in [6, 6.07) is 2.43. The quantitative estimate of drug-likeness (QED) is 0.701. The largest absolute Gasteiger partial charge is 0.459 e. The number of halogens is 1. The van der Waals surface area contributed by atoms with E-state index in [0.29, 0.717) is 0 Å². The summed E-state index contributed by atoms with van der Waals surface area (Å²) < 4.78 is 5.19. The van der Waals surface area contributed by atoms with Crippen LogP contribution in [0.3, 0.4) is 0 Å². The maximum Gasteiger partial charge on any atom is 0.328 e. The smallest absolute Gasteiger partial charge is 0.328 e. The number of amides is 3. The maximum atomic E-state index is 12.3. The second-order valence-electron chi connectivity index (χ2n) is 5.61. The first-order valence-electron chi connectivity index (χ1n) is 7.37. The van der Waals surface area contributed by atoms with Gasteiger partial charge >= 0.3 is 12.0 Å². The molecule has 2 aliphatic rings. The molecule has 0 bridgehead atoms. The van der Waals surface area contributed by atoms with Crippen LogP contribution in [0, 0.1) is 0 Å². The van der Waals surface area contributed by atoms with Crippen LogP contribution in [-0.2, 0) is 20.9 Å². The standard InChI is InChI=1S/C15H17N5O4.ClH/c1-18-13-12(14(22)19(2)15(18)23)20(9-17-13)7-11(21)24-8-10-4-3-5-16-6-10;/h3-6,9,12-13H,7-8H2,1-2H3;1H. The average Bonchev–Trinajstić information content (AvgIpc) is 3.01. The van der Waals surface area contributed by atoms with E-state index in [2.05, 4.69) is 9.98 Å². The molecule has 0 spiro atoms. The summed E-state index contributed by atoms with van der Waals surface area (Å²) in [5.41, 5.74) is 0.776. The normalized spacial score (nSPS) is 21.9. The number of pyridine rings is 1. The number of aromatic nitrogens is 1. The number of fused-ring (bicyclic) bond motifs is 1.